The summed E-state index contributed by atoms with van der Waals surface area (Å²) in [6.07, 6.45) is 7.61. The van der Waals surface area contributed by atoms with Crippen LogP contribution in [0, 0.1) is 0 Å². The van der Waals surface area contributed by atoms with E-state index >= 15 is 0 Å². The van der Waals surface area contributed by atoms with Gasteiger partial charge in [-0.15, -0.1) is 0 Å². The molecule has 0 aliphatic rings. The number of nitrogens with zero attached hydrogens (tertiary/aromatic N) is 2. The molecule has 0 radical (unpaired) electrons. The summed E-state index contributed by atoms with van der Waals surface area (Å²) in [7, 11) is 1.61. The van der Waals surface area contributed by atoms with E-state index in [1.165, 1.54) is 31.7 Å². The number of aromatic amines is 1. The van der Waals surface area contributed by atoms with Crippen LogP contribution in [-0.4, -0.2) is 29.9 Å². The largest absolute Gasteiger partial charge is 0.497 e. The molecule has 32 heavy (non-hydrogen) atoms. The van der Waals surface area contributed by atoms with Gasteiger partial charge in [0, 0.05) is 17.2 Å². The molecule has 0 unspecified atom stereocenters. The molecule has 0 saturated carbocycles. The predicted molar refractivity (Wildman–Crippen MR) is 129 cm³/mol. The van der Waals surface area contributed by atoms with Gasteiger partial charge >= 0.3 is 0 Å². The monoisotopic (exact) mass is 434 g/mol. The third-order valence-electron chi connectivity index (χ3n) is 4.93. The van der Waals surface area contributed by atoms with Crippen molar-refractivity contribution in [2.45, 2.75) is 39.0 Å². The minimum Gasteiger partial charge on any atom is -0.497 e. The Bertz CT molecular complexity index is 1060. The normalized spacial score (nSPS) is 10.9. The first kappa shape index (κ1) is 23.1. The molecule has 7 heteroatoms. The summed E-state index contributed by atoms with van der Waals surface area (Å²) in [6, 6.07) is 16.5. The Hall–Kier alpha value is -3.61. The number of methoxy groups -OCH3 is 1. The second-order valence-electron chi connectivity index (χ2n) is 7.38. The molecule has 2 aromatic carbocycles. The fourth-order valence-corrected chi connectivity index (χ4v) is 3.19. The lowest BCUT2D eigenvalue weighted by Crippen LogP contribution is -2.10. The van der Waals surface area contributed by atoms with E-state index in [4.69, 9.17) is 9.47 Å². The topological polar surface area (TPSA) is 88.6 Å². The second kappa shape index (κ2) is 12.3. The summed E-state index contributed by atoms with van der Waals surface area (Å²) < 4.78 is 11.1. The molecular formula is C25H30N4O3. The number of ether oxygens (including phenoxy) is 2. The van der Waals surface area contributed by atoms with Crippen LogP contribution >= 0.6 is 0 Å². The van der Waals surface area contributed by atoms with Gasteiger partial charge in [0.1, 0.15) is 11.5 Å². The third kappa shape index (κ3) is 6.97. The number of para-hydroxylation sites is 1. The van der Waals surface area contributed by atoms with Crippen LogP contribution in [0.1, 0.15) is 44.6 Å². The molecule has 0 atom stereocenters. The first-order valence-corrected chi connectivity index (χ1v) is 11.0. The van der Waals surface area contributed by atoms with E-state index in [-0.39, 0.29) is 11.5 Å². The number of aromatic nitrogens is 2. The molecule has 1 aromatic heterocycles. The number of benzene rings is 2. The van der Waals surface area contributed by atoms with Crippen molar-refractivity contribution in [1.29, 1.82) is 0 Å². The summed E-state index contributed by atoms with van der Waals surface area (Å²) in [5.41, 5.74) is 4.74. The number of unbranched alkanes of at least 4 members (excludes halogenated alkanes) is 4. The van der Waals surface area contributed by atoms with Gasteiger partial charge in [0.05, 0.1) is 25.6 Å². The van der Waals surface area contributed by atoms with Crippen LogP contribution in [0.25, 0.3) is 11.3 Å². The van der Waals surface area contributed by atoms with E-state index in [1.54, 1.807) is 13.3 Å². The molecule has 3 rings (SSSR count). The highest BCUT2D eigenvalue weighted by Gasteiger charge is 2.05. The quantitative estimate of drug-likeness (QED) is 0.231. The van der Waals surface area contributed by atoms with E-state index in [1.807, 2.05) is 48.5 Å². The molecule has 0 spiro atoms. The summed E-state index contributed by atoms with van der Waals surface area (Å²) in [5, 5.41) is 4.24. The molecule has 0 bridgehead atoms. The van der Waals surface area contributed by atoms with Crippen molar-refractivity contribution in [3.8, 4) is 22.8 Å². The maximum atomic E-state index is 12.1. The van der Waals surface area contributed by atoms with Crippen LogP contribution in [0.2, 0.25) is 0 Å². The van der Waals surface area contributed by atoms with Gasteiger partial charge in [0.2, 0.25) is 5.95 Å². The van der Waals surface area contributed by atoms with E-state index < -0.39 is 0 Å². The van der Waals surface area contributed by atoms with E-state index in [0.717, 1.165) is 29.0 Å². The number of hydrazone groups is 1. The SMILES string of the molecule is CCCCCCCOc1ccccc1/C=N\Nc1nc(-c2ccc(OC)cc2)cc(=O)[nH]1. The van der Waals surface area contributed by atoms with Gasteiger partial charge in [-0.3, -0.25) is 9.78 Å². The number of anilines is 1. The van der Waals surface area contributed by atoms with Crippen LogP contribution in [0.3, 0.4) is 0 Å². The lowest BCUT2D eigenvalue weighted by atomic mass is 10.1. The zero-order valence-corrected chi connectivity index (χ0v) is 18.6. The van der Waals surface area contributed by atoms with Gasteiger partial charge in [0.25, 0.3) is 5.56 Å². The summed E-state index contributed by atoms with van der Waals surface area (Å²) >= 11 is 0. The maximum absolute atomic E-state index is 12.1. The molecule has 0 amide bonds. The van der Waals surface area contributed by atoms with Crippen LogP contribution < -0.4 is 20.5 Å². The van der Waals surface area contributed by atoms with Crippen molar-refractivity contribution in [3.63, 3.8) is 0 Å². The van der Waals surface area contributed by atoms with Gasteiger partial charge < -0.3 is 9.47 Å². The highest BCUT2D eigenvalue weighted by atomic mass is 16.5. The summed E-state index contributed by atoms with van der Waals surface area (Å²) in [4.78, 5) is 19.2. The number of rotatable bonds is 12. The van der Waals surface area contributed by atoms with Gasteiger partial charge in [-0.1, -0.05) is 44.7 Å². The molecule has 168 valence electrons. The van der Waals surface area contributed by atoms with Crippen molar-refractivity contribution in [1.82, 2.24) is 9.97 Å². The minimum atomic E-state index is -0.268. The number of hydrogen-bond acceptors (Lipinski definition) is 6. The smallest absolute Gasteiger partial charge is 0.252 e. The zero-order valence-electron chi connectivity index (χ0n) is 18.6. The Balaban J connectivity index is 1.63. The van der Waals surface area contributed by atoms with Crippen molar-refractivity contribution in [2.24, 2.45) is 5.10 Å². The number of H-pyrrole nitrogens is 1. The Kier molecular flexibility index (Phi) is 8.86. The van der Waals surface area contributed by atoms with Crippen LogP contribution in [0.15, 0.2) is 64.5 Å². The Morgan fingerprint density at radius 1 is 1.06 bits per heavy atom. The second-order valence-corrected chi connectivity index (χ2v) is 7.38. The van der Waals surface area contributed by atoms with E-state index in [2.05, 4.69) is 27.4 Å². The lowest BCUT2D eigenvalue weighted by Gasteiger charge is -2.09. The molecule has 0 aliphatic heterocycles. The van der Waals surface area contributed by atoms with Gasteiger partial charge in [-0.25, -0.2) is 10.4 Å². The maximum Gasteiger partial charge on any atom is 0.252 e. The highest BCUT2D eigenvalue weighted by molar-refractivity contribution is 5.83. The average molecular weight is 435 g/mol. The van der Waals surface area contributed by atoms with Crippen LogP contribution in [0.5, 0.6) is 11.5 Å². The van der Waals surface area contributed by atoms with Crippen molar-refractivity contribution in [2.75, 3.05) is 19.1 Å². The molecule has 0 fully saturated rings. The fraction of sp³-hybridized carbons (Fsp3) is 0.320. The highest BCUT2D eigenvalue weighted by Crippen LogP contribution is 2.20. The van der Waals surface area contributed by atoms with Crippen LogP contribution in [0.4, 0.5) is 5.95 Å². The first-order valence-electron chi connectivity index (χ1n) is 11.0. The van der Waals surface area contributed by atoms with Crippen molar-refractivity contribution >= 4 is 12.2 Å². The summed E-state index contributed by atoms with van der Waals surface area (Å²) in [6.45, 7) is 2.89. The van der Waals surface area contributed by atoms with Crippen LogP contribution in [-0.2, 0) is 0 Å². The Labute approximate surface area is 188 Å². The number of hydrogen-bond donors (Lipinski definition) is 2. The molecule has 2 N–H and O–H groups in total. The van der Waals surface area contributed by atoms with Gasteiger partial charge in [-0.2, -0.15) is 5.10 Å². The van der Waals surface area contributed by atoms with E-state index in [9.17, 15) is 4.79 Å². The average Bonchev–Trinajstić information content (AvgIpc) is 2.82. The summed E-state index contributed by atoms with van der Waals surface area (Å²) in [5.74, 6) is 1.78. The predicted octanol–water partition coefficient (Wildman–Crippen LogP) is 5.24. The molecule has 0 aliphatic carbocycles. The van der Waals surface area contributed by atoms with Crippen molar-refractivity contribution in [3.05, 3.63) is 70.5 Å². The number of nitrogens with one attached hydrogen (secondary N) is 2. The first-order chi connectivity index (χ1) is 15.7. The van der Waals surface area contributed by atoms with E-state index in [0.29, 0.717) is 12.3 Å². The standard InChI is InChI=1S/C25H30N4O3/c1-3-4-5-6-9-16-32-23-11-8-7-10-20(23)18-26-29-25-27-22(17-24(30)28-25)19-12-14-21(31-2)15-13-19/h7-8,10-15,17-18H,3-6,9,16H2,1-2H3,(H2,27,28,29,30)/b26-18-. The Morgan fingerprint density at radius 2 is 1.84 bits per heavy atom. The van der Waals surface area contributed by atoms with Gasteiger partial charge in [-0.05, 0) is 42.8 Å². The zero-order chi connectivity index (χ0) is 22.6. The lowest BCUT2D eigenvalue weighted by molar-refractivity contribution is 0.304. The molecule has 1 heterocycles. The molecule has 0 saturated heterocycles. The molecular weight excluding hydrogens is 404 g/mol. The third-order valence-corrected chi connectivity index (χ3v) is 4.93. The molecule has 7 nitrogen and oxygen atoms in total. The minimum absolute atomic E-state index is 0.258. The van der Waals surface area contributed by atoms with Gasteiger partial charge in [0.15, 0.2) is 0 Å². The van der Waals surface area contributed by atoms with Crippen molar-refractivity contribution < 1.29 is 9.47 Å². The molecule has 3 aromatic rings. The Morgan fingerprint density at radius 3 is 2.62 bits per heavy atom. The fourth-order valence-electron chi connectivity index (χ4n) is 3.19.